The predicted molar refractivity (Wildman–Crippen MR) is 107 cm³/mol. The lowest BCUT2D eigenvalue weighted by atomic mass is 10.0. The molecule has 6 nitrogen and oxygen atoms in total. The van der Waals surface area contributed by atoms with Gasteiger partial charge in [0.1, 0.15) is 17.5 Å². The number of aromatic nitrogens is 2. The minimum Gasteiger partial charge on any atom is -0.356 e. The van der Waals surface area contributed by atoms with Gasteiger partial charge in [-0.25, -0.2) is 9.97 Å². The summed E-state index contributed by atoms with van der Waals surface area (Å²) < 4.78 is 11.6. The summed E-state index contributed by atoms with van der Waals surface area (Å²) in [5, 5.41) is 4.07. The van der Waals surface area contributed by atoms with Crippen molar-refractivity contribution in [3.63, 3.8) is 0 Å². The molecule has 2 fully saturated rings. The Bertz CT molecular complexity index is 819. The van der Waals surface area contributed by atoms with E-state index in [0.717, 1.165) is 60.2 Å². The van der Waals surface area contributed by atoms with Crippen LogP contribution in [0, 0.1) is 20.8 Å². The fourth-order valence-electron chi connectivity index (χ4n) is 3.84. The largest absolute Gasteiger partial charge is 0.356 e. The van der Waals surface area contributed by atoms with Crippen molar-refractivity contribution in [2.45, 2.75) is 39.4 Å². The highest BCUT2D eigenvalue weighted by atomic mass is 35.5. The smallest absolute Gasteiger partial charge is 0.171 e. The Hall–Kier alpha value is -1.89. The molecule has 1 aromatic heterocycles. The van der Waals surface area contributed by atoms with Crippen LogP contribution < -0.4 is 10.2 Å². The molecule has 1 aromatic carbocycles. The Balaban J connectivity index is 1.54. The van der Waals surface area contributed by atoms with Gasteiger partial charge in [-0.15, -0.1) is 0 Å². The third-order valence-corrected chi connectivity index (χ3v) is 5.47. The molecule has 144 valence electrons. The Morgan fingerprint density at radius 2 is 1.74 bits per heavy atom. The van der Waals surface area contributed by atoms with Gasteiger partial charge >= 0.3 is 0 Å². The molecule has 2 saturated heterocycles. The van der Waals surface area contributed by atoms with Gasteiger partial charge in [0.25, 0.3) is 0 Å². The molecule has 2 aliphatic heterocycles. The summed E-state index contributed by atoms with van der Waals surface area (Å²) in [5.41, 5.74) is 3.12. The molecule has 3 heterocycles. The summed E-state index contributed by atoms with van der Waals surface area (Å²) in [6.45, 7) is 9.07. The van der Waals surface area contributed by atoms with Crippen molar-refractivity contribution in [1.29, 1.82) is 0 Å². The Labute approximate surface area is 164 Å². The maximum atomic E-state index is 6.44. The molecule has 2 aliphatic rings. The first kappa shape index (κ1) is 18.5. The normalized spacial score (nSPS) is 18.9. The highest BCUT2D eigenvalue weighted by molar-refractivity contribution is 6.33. The molecule has 1 N–H and O–H groups in total. The predicted octanol–water partition coefficient (Wildman–Crippen LogP) is 4.14. The molecular weight excluding hydrogens is 364 g/mol. The maximum Gasteiger partial charge on any atom is 0.171 e. The van der Waals surface area contributed by atoms with E-state index < -0.39 is 0 Å². The van der Waals surface area contributed by atoms with Gasteiger partial charge in [0.2, 0.25) is 0 Å². The van der Waals surface area contributed by atoms with E-state index in [1.165, 1.54) is 0 Å². The molecule has 0 atom stereocenters. The van der Waals surface area contributed by atoms with E-state index in [-0.39, 0.29) is 5.79 Å². The van der Waals surface area contributed by atoms with Crippen LogP contribution >= 0.6 is 11.6 Å². The second-order valence-corrected chi connectivity index (χ2v) is 7.72. The number of nitrogens with one attached hydrogen (secondary N) is 1. The molecule has 0 aliphatic carbocycles. The molecule has 0 radical (unpaired) electrons. The lowest BCUT2D eigenvalue weighted by molar-refractivity contribution is -0.169. The van der Waals surface area contributed by atoms with Crippen molar-refractivity contribution in [3.05, 3.63) is 40.2 Å². The molecule has 0 unspecified atom stereocenters. The zero-order valence-corrected chi connectivity index (χ0v) is 16.8. The van der Waals surface area contributed by atoms with Gasteiger partial charge in [-0.2, -0.15) is 0 Å². The number of aryl methyl sites for hydroxylation is 3. The highest BCUT2D eigenvalue weighted by Crippen LogP contribution is 2.34. The number of benzene rings is 1. The zero-order valence-electron chi connectivity index (χ0n) is 16.0. The van der Waals surface area contributed by atoms with Crippen LogP contribution in [0.5, 0.6) is 0 Å². The summed E-state index contributed by atoms with van der Waals surface area (Å²) >= 11 is 6.44. The zero-order chi connectivity index (χ0) is 19.0. The third kappa shape index (κ3) is 3.88. The van der Waals surface area contributed by atoms with Crippen molar-refractivity contribution < 1.29 is 9.47 Å². The summed E-state index contributed by atoms with van der Waals surface area (Å²) in [6, 6.07) is 6.05. The minimum atomic E-state index is -0.383. The fourth-order valence-corrected chi connectivity index (χ4v) is 4.21. The van der Waals surface area contributed by atoms with Crippen molar-refractivity contribution in [2.75, 3.05) is 36.5 Å². The number of nitrogens with zero attached hydrogens (tertiary/aromatic N) is 3. The summed E-state index contributed by atoms with van der Waals surface area (Å²) in [7, 11) is 0. The monoisotopic (exact) mass is 388 g/mol. The quantitative estimate of drug-likeness (QED) is 0.852. The molecule has 0 amide bonds. The Morgan fingerprint density at radius 3 is 2.41 bits per heavy atom. The summed E-state index contributed by atoms with van der Waals surface area (Å²) in [6.07, 6.45) is 1.70. The van der Waals surface area contributed by atoms with Gasteiger partial charge in [0, 0.05) is 32.0 Å². The maximum absolute atomic E-state index is 6.44. The SMILES string of the molecule is Cc1cc(C)c(Nc2cc(N3CCC4(CC3)OCCO4)nc(C)n2)c(Cl)c1. The van der Waals surface area contributed by atoms with E-state index in [1.54, 1.807) is 0 Å². The topological polar surface area (TPSA) is 59.5 Å². The first-order valence-corrected chi connectivity index (χ1v) is 9.74. The van der Waals surface area contributed by atoms with Crippen LogP contribution in [0.2, 0.25) is 5.02 Å². The lowest BCUT2D eigenvalue weighted by Crippen LogP contribution is -2.45. The molecule has 0 saturated carbocycles. The van der Waals surface area contributed by atoms with Crippen LogP contribution in [0.4, 0.5) is 17.3 Å². The Morgan fingerprint density at radius 1 is 1.04 bits per heavy atom. The van der Waals surface area contributed by atoms with Crippen molar-refractivity contribution >= 4 is 28.9 Å². The molecular formula is C20H25ClN4O2. The second-order valence-electron chi connectivity index (χ2n) is 7.32. The number of halogens is 1. The van der Waals surface area contributed by atoms with Crippen molar-refractivity contribution in [3.8, 4) is 0 Å². The van der Waals surface area contributed by atoms with E-state index in [2.05, 4.69) is 26.3 Å². The fraction of sp³-hybridized carbons (Fsp3) is 0.500. The highest BCUT2D eigenvalue weighted by Gasteiger charge is 2.40. The number of hydrogen-bond donors (Lipinski definition) is 1. The standard InChI is InChI=1S/C20H25ClN4O2/c1-13-10-14(2)19(16(21)11-13)24-17-12-18(23-15(3)22-17)25-6-4-20(5-7-25)26-8-9-27-20/h10-12H,4-9H2,1-3H3,(H,22,23,24). The molecule has 1 spiro atoms. The Kier molecular flexibility index (Phi) is 4.97. The van der Waals surface area contributed by atoms with Crippen molar-refractivity contribution in [1.82, 2.24) is 9.97 Å². The number of anilines is 3. The first-order valence-electron chi connectivity index (χ1n) is 9.36. The van der Waals surface area contributed by atoms with Crippen LogP contribution in [0.1, 0.15) is 29.8 Å². The molecule has 2 aromatic rings. The van der Waals surface area contributed by atoms with E-state index in [1.807, 2.05) is 32.9 Å². The van der Waals surface area contributed by atoms with Crippen LogP contribution in [0.25, 0.3) is 0 Å². The van der Waals surface area contributed by atoms with E-state index in [9.17, 15) is 0 Å². The van der Waals surface area contributed by atoms with Crippen molar-refractivity contribution in [2.24, 2.45) is 0 Å². The van der Waals surface area contributed by atoms with Crippen LogP contribution in [-0.4, -0.2) is 42.1 Å². The van der Waals surface area contributed by atoms with Gasteiger partial charge in [0.15, 0.2) is 5.79 Å². The van der Waals surface area contributed by atoms with Crippen LogP contribution in [-0.2, 0) is 9.47 Å². The number of rotatable bonds is 3. The van der Waals surface area contributed by atoms with Gasteiger partial charge in [-0.3, -0.25) is 0 Å². The van der Waals surface area contributed by atoms with E-state index >= 15 is 0 Å². The molecule has 0 bridgehead atoms. The van der Waals surface area contributed by atoms with Gasteiger partial charge in [-0.05, 0) is 38.0 Å². The molecule has 4 rings (SSSR count). The van der Waals surface area contributed by atoms with Gasteiger partial charge in [-0.1, -0.05) is 17.7 Å². The summed E-state index contributed by atoms with van der Waals surface area (Å²) in [4.78, 5) is 11.4. The van der Waals surface area contributed by atoms with E-state index in [4.69, 9.17) is 21.1 Å². The van der Waals surface area contributed by atoms with Gasteiger partial charge in [0.05, 0.1) is 23.9 Å². The third-order valence-electron chi connectivity index (χ3n) is 5.17. The number of piperidine rings is 1. The summed E-state index contributed by atoms with van der Waals surface area (Å²) in [5.74, 6) is 2.01. The average molecular weight is 389 g/mol. The first-order chi connectivity index (χ1) is 12.9. The number of ether oxygens (including phenoxy) is 2. The average Bonchev–Trinajstić information content (AvgIpc) is 3.06. The second kappa shape index (κ2) is 7.26. The van der Waals surface area contributed by atoms with Crippen LogP contribution in [0.15, 0.2) is 18.2 Å². The minimum absolute atomic E-state index is 0.383. The lowest BCUT2D eigenvalue weighted by Gasteiger charge is -2.38. The van der Waals surface area contributed by atoms with Crippen LogP contribution in [0.3, 0.4) is 0 Å². The van der Waals surface area contributed by atoms with Gasteiger partial charge < -0.3 is 19.7 Å². The number of hydrogen-bond acceptors (Lipinski definition) is 6. The molecule has 7 heteroatoms. The van der Waals surface area contributed by atoms with E-state index in [0.29, 0.717) is 18.2 Å². The molecule has 27 heavy (non-hydrogen) atoms.